The molecular formula is C11H15N5O2S. The van der Waals surface area contributed by atoms with Crippen LogP contribution >= 0.6 is 0 Å². The van der Waals surface area contributed by atoms with Gasteiger partial charge in [0, 0.05) is 37.9 Å². The summed E-state index contributed by atoms with van der Waals surface area (Å²) < 4.78 is 27.0. The number of rotatable bonds is 6. The zero-order valence-corrected chi connectivity index (χ0v) is 11.3. The molecule has 0 atom stereocenters. The average Bonchev–Trinajstić information content (AvgIpc) is 2.88. The minimum atomic E-state index is -3.17. The van der Waals surface area contributed by atoms with Crippen molar-refractivity contribution in [3.63, 3.8) is 0 Å². The molecule has 8 heteroatoms. The van der Waals surface area contributed by atoms with Crippen molar-refractivity contribution in [1.29, 1.82) is 0 Å². The van der Waals surface area contributed by atoms with Crippen LogP contribution in [0.5, 0.6) is 0 Å². The molecule has 0 aliphatic carbocycles. The molecule has 0 unspecified atom stereocenters. The lowest BCUT2D eigenvalue weighted by molar-refractivity contribution is 0.574. The Bertz CT molecular complexity index is 624. The number of imidazole rings is 1. The number of nitrogens with one attached hydrogen (secondary N) is 1. The average molecular weight is 281 g/mol. The highest BCUT2D eigenvalue weighted by molar-refractivity contribution is 7.89. The summed E-state index contributed by atoms with van der Waals surface area (Å²) in [6.07, 6.45) is 6.69. The van der Waals surface area contributed by atoms with Crippen molar-refractivity contribution in [1.82, 2.24) is 24.2 Å². The summed E-state index contributed by atoms with van der Waals surface area (Å²) in [4.78, 5) is 12.4. The Kier molecular flexibility index (Phi) is 4.23. The second-order valence-corrected chi connectivity index (χ2v) is 5.91. The van der Waals surface area contributed by atoms with E-state index in [0.717, 1.165) is 0 Å². The predicted molar refractivity (Wildman–Crippen MR) is 70.7 cm³/mol. The second kappa shape index (κ2) is 5.89. The lowest BCUT2D eigenvalue weighted by Gasteiger charge is -2.07. The molecule has 0 bridgehead atoms. The van der Waals surface area contributed by atoms with E-state index in [9.17, 15) is 8.42 Å². The highest BCUT2D eigenvalue weighted by Gasteiger charge is 2.09. The van der Waals surface area contributed by atoms with Gasteiger partial charge in [-0.3, -0.25) is 0 Å². The van der Waals surface area contributed by atoms with Crippen LogP contribution in [-0.2, 0) is 16.6 Å². The van der Waals surface area contributed by atoms with E-state index in [1.807, 2.05) is 4.57 Å². The minimum Gasteiger partial charge on any atom is -0.327 e. The Morgan fingerprint density at radius 3 is 2.63 bits per heavy atom. The fraction of sp³-hybridized carbons (Fsp3) is 0.364. The molecule has 0 radical (unpaired) electrons. The summed E-state index contributed by atoms with van der Waals surface area (Å²) >= 11 is 0. The van der Waals surface area contributed by atoms with Gasteiger partial charge in [-0.05, 0) is 13.0 Å². The summed E-state index contributed by atoms with van der Waals surface area (Å²) in [5.74, 6) is 1.22. The molecule has 0 aromatic carbocycles. The van der Waals surface area contributed by atoms with Gasteiger partial charge in [0.2, 0.25) is 10.0 Å². The van der Waals surface area contributed by atoms with Crippen molar-refractivity contribution in [3.8, 4) is 11.6 Å². The Morgan fingerprint density at radius 1 is 1.21 bits per heavy atom. The van der Waals surface area contributed by atoms with Crippen LogP contribution in [0.4, 0.5) is 0 Å². The molecule has 0 saturated heterocycles. The van der Waals surface area contributed by atoms with Crippen LogP contribution in [0, 0.1) is 0 Å². The van der Waals surface area contributed by atoms with Crippen molar-refractivity contribution < 1.29 is 8.42 Å². The number of hydrogen-bond acceptors (Lipinski definition) is 5. The third kappa shape index (κ3) is 3.58. The zero-order valence-electron chi connectivity index (χ0n) is 10.5. The van der Waals surface area contributed by atoms with E-state index in [2.05, 4.69) is 19.7 Å². The molecule has 1 N–H and O–H groups in total. The third-order valence-electron chi connectivity index (χ3n) is 2.54. The van der Waals surface area contributed by atoms with Gasteiger partial charge in [-0.25, -0.2) is 28.1 Å². The highest BCUT2D eigenvalue weighted by Crippen LogP contribution is 2.10. The summed E-state index contributed by atoms with van der Waals surface area (Å²) in [7, 11) is -3.17. The SMILES string of the molecule is CCS(=O)(=O)NCCn1ccnc1-c1ncccn1. The van der Waals surface area contributed by atoms with E-state index in [1.165, 1.54) is 0 Å². The van der Waals surface area contributed by atoms with E-state index >= 15 is 0 Å². The summed E-state index contributed by atoms with van der Waals surface area (Å²) in [5.41, 5.74) is 0. The molecule has 102 valence electrons. The van der Waals surface area contributed by atoms with Gasteiger partial charge in [0.05, 0.1) is 5.75 Å². The van der Waals surface area contributed by atoms with E-state index in [1.54, 1.807) is 37.8 Å². The largest absolute Gasteiger partial charge is 0.327 e. The number of aromatic nitrogens is 4. The van der Waals surface area contributed by atoms with E-state index in [-0.39, 0.29) is 5.75 Å². The fourth-order valence-electron chi connectivity index (χ4n) is 1.53. The van der Waals surface area contributed by atoms with Crippen molar-refractivity contribution >= 4 is 10.0 Å². The molecule has 2 aromatic heterocycles. The van der Waals surface area contributed by atoms with Gasteiger partial charge in [0.1, 0.15) is 0 Å². The van der Waals surface area contributed by atoms with E-state index in [0.29, 0.717) is 24.7 Å². The molecule has 0 spiro atoms. The Hall–Kier alpha value is -1.80. The lowest BCUT2D eigenvalue weighted by atomic mass is 10.5. The van der Waals surface area contributed by atoms with Crippen molar-refractivity contribution in [2.24, 2.45) is 0 Å². The van der Waals surface area contributed by atoms with Crippen LogP contribution in [0.1, 0.15) is 6.92 Å². The molecule has 2 rings (SSSR count). The molecule has 19 heavy (non-hydrogen) atoms. The van der Waals surface area contributed by atoms with Gasteiger partial charge >= 0.3 is 0 Å². The van der Waals surface area contributed by atoms with Gasteiger partial charge in [-0.15, -0.1) is 0 Å². The van der Waals surface area contributed by atoms with Gasteiger partial charge in [0.25, 0.3) is 0 Å². The quantitative estimate of drug-likeness (QED) is 0.821. The Balaban J connectivity index is 2.05. The highest BCUT2D eigenvalue weighted by atomic mass is 32.2. The normalized spacial score (nSPS) is 11.6. The van der Waals surface area contributed by atoms with Gasteiger partial charge in [0.15, 0.2) is 11.6 Å². The maximum absolute atomic E-state index is 11.3. The molecule has 2 aromatic rings. The van der Waals surface area contributed by atoms with Crippen molar-refractivity contribution in [2.45, 2.75) is 13.5 Å². The number of nitrogens with zero attached hydrogens (tertiary/aromatic N) is 4. The minimum absolute atomic E-state index is 0.0750. The molecule has 0 saturated carbocycles. The first-order valence-corrected chi connectivity index (χ1v) is 7.53. The molecule has 0 fully saturated rings. The second-order valence-electron chi connectivity index (χ2n) is 3.81. The zero-order chi connectivity index (χ0) is 13.7. The fourth-order valence-corrected chi connectivity index (χ4v) is 2.14. The summed E-state index contributed by atoms with van der Waals surface area (Å²) in [5, 5.41) is 0. The first-order chi connectivity index (χ1) is 9.12. The van der Waals surface area contributed by atoms with Crippen LogP contribution in [0.25, 0.3) is 11.6 Å². The molecular weight excluding hydrogens is 266 g/mol. The van der Waals surface area contributed by atoms with Crippen molar-refractivity contribution in [3.05, 3.63) is 30.9 Å². The van der Waals surface area contributed by atoms with Crippen LogP contribution < -0.4 is 4.72 Å². The first-order valence-electron chi connectivity index (χ1n) is 5.88. The van der Waals surface area contributed by atoms with Gasteiger partial charge in [-0.2, -0.15) is 0 Å². The lowest BCUT2D eigenvalue weighted by Crippen LogP contribution is -2.28. The van der Waals surface area contributed by atoms with Crippen LogP contribution in [0.3, 0.4) is 0 Å². The topological polar surface area (TPSA) is 89.8 Å². The summed E-state index contributed by atoms with van der Waals surface area (Å²) in [6.45, 7) is 2.39. The molecule has 0 aliphatic heterocycles. The Morgan fingerprint density at radius 2 is 1.95 bits per heavy atom. The monoisotopic (exact) mass is 281 g/mol. The maximum Gasteiger partial charge on any atom is 0.211 e. The predicted octanol–water partition coefficient (Wildman–Crippen LogP) is 0.279. The standard InChI is InChI=1S/C11H15N5O2S/c1-2-19(17,18)15-7-9-16-8-6-14-11(16)10-12-4-3-5-13-10/h3-6,8,15H,2,7,9H2,1H3. The third-order valence-corrected chi connectivity index (χ3v) is 3.94. The first kappa shape index (κ1) is 13.6. The van der Waals surface area contributed by atoms with Gasteiger partial charge < -0.3 is 4.57 Å². The van der Waals surface area contributed by atoms with E-state index < -0.39 is 10.0 Å². The number of sulfonamides is 1. The van der Waals surface area contributed by atoms with Crippen LogP contribution in [0.2, 0.25) is 0 Å². The van der Waals surface area contributed by atoms with Crippen LogP contribution in [0.15, 0.2) is 30.9 Å². The van der Waals surface area contributed by atoms with Gasteiger partial charge in [-0.1, -0.05) is 0 Å². The molecule has 0 aliphatic rings. The number of hydrogen-bond donors (Lipinski definition) is 1. The smallest absolute Gasteiger partial charge is 0.211 e. The maximum atomic E-state index is 11.3. The van der Waals surface area contributed by atoms with Crippen LogP contribution in [-0.4, -0.2) is 40.2 Å². The molecule has 7 nitrogen and oxygen atoms in total. The Labute approximate surface area is 111 Å². The summed E-state index contributed by atoms with van der Waals surface area (Å²) in [6, 6.07) is 1.73. The molecule has 2 heterocycles. The van der Waals surface area contributed by atoms with E-state index in [4.69, 9.17) is 0 Å². The molecule has 0 amide bonds. The van der Waals surface area contributed by atoms with Crippen molar-refractivity contribution in [2.75, 3.05) is 12.3 Å².